The Hall–Kier alpha value is -2.67. The predicted molar refractivity (Wildman–Crippen MR) is 95.1 cm³/mol. The van der Waals surface area contributed by atoms with E-state index in [2.05, 4.69) is 0 Å². The van der Waals surface area contributed by atoms with Gasteiger partial charge in [0.15, 0.2) is 0 Å². The second-order valence-corrected chi connectivity index (χ2v) is 5.96. The second kappa shape index (κ2) is 8.62. The topological polar surface area (TPSA) is 94.5 Å². The molecular weight excluding hydrogens is 339 g/mol. The lowest BCUT2D eigenvalue weighted by atomic mass is 9.98. The number of aliphatic hydroxyl groups excluding tert-OH is 1. The molecule has 0 aliphatic heterocycles. The van der Waals surface area contributed by atoms with Gasteiger partial charge in [0.2, 0.25) is 0 Å². The lowest BCUT2D eigenvalue weighted by Crippen LogP contribution is -2.13. The van der Waals surface area contributed by atoms with Gasteiger partial charge in [0.05, 0.1) is 19.1 Å². The molecule has 1 heterocycles. The fourth-order valence-corrected chi connectivity index (χ4v) is 3.17. The van der Waals surface area contributed by atoms with Gasteiger partial charge in [-0.05, 0) is 37.5 Å². The third-order valence-electron chi connectivity index (χ3n) is 4.32. The van der Waals surface area contributed by atoms with E-state index in [1.54, 1.807) is 19.1 Å². The highest BCUT2D eigenvalue weighted by atomic mass is 19.1. The van der Waals surface area contributed by atoms with Gasteiger partial charge in [-0.3, -0.25) is 9.59 Å². The van der Waals surface area contributed by atoms with Gasteiger partial charge in [0, 0.05) is 30.1 Å². The number of aliphatic hydroxyl groups is 1. The van der Waals surface area contributed by atoms with Crippen molar-refractivity contribution in [1.29, 1.82) is 0 Å². The summed E-state index contributed by atoms with van der Waals surface area (Å²) in [6, 6.07) is 5.90. The van der Waals surface area contributed by atoms with Crippen LogP contribution in [0.5, 0.6) is 0 Å². The first-order chi connectivity index (χ1) is 12.4. The number of amides is 1. The van der Waals surface area contributed by atoms with Crippen molar-refractivity contribution in [3.05, 3.63) is 47.0 Å². The lowest BCUT2D eigenvalue weighted by molar-refractivity contribution is -0.140. The van der Waals surface area contributed by atoms with Crippen molar-refractivity contribution < 1.29 is 23.8 Å². The van der Waals surface area contributed by atoms with Crippen molar-refractivity contribution in [2.45, 2.75) is 32.7 Å². The van der Waals surface area contributed by atoms with E-state index in [-0.39, 0.29) is 19.0 Å². The molecule has 0 spiro atoms. The number of aromatic nitrogens is 1. The van der Waals surface area contributed by atoms with Gasteiger partial charge in [0.1, 0.15) is 5.82 Å². The van der Waals surface area contributed by atoms with Gasteiger partial charge in [-0.2, -0.15) is 0 Å². The van der Waals surface area contributed by atoms with Crippen molar-refractivity contribution in [3.8, 4) is 11.1 Å². The fourth-order valence-electron chi connectivity index (χ4n) is 3.17. The maximum atomic E-state index is 13.8. The van der Waals surface area contributed by atoms with Gasteiger partial charge < -0.3 is 20.1 Å². The van der Waals surface area contributed by atoms with E-state index in [1.807, 2.05) is 4.57 Å². The van der Waals surface area contributed by atoms with Gasteiger partial charge in [-0.15, -0.1) is 0 Å². The Morgan fingerprint density at radius 3 is 2.65 bits per heavy atom. The largest absolute Gasteiger partial charge is 0.469 e. The van der Waals surface area contributed by atoms with Crippen LogP contribution in [0.2, 0.25) is 0 Å². The second-order valence-electron chi connectivity index (χ2n) is 5.96. The van der Waals surface area contributed by atoms with Crippen LogP contribution in [-0.4, -0.2) is 35.3 Å². The number of methoxy groups -OCH3 is 1. The molecule has 0 aliphatic carbocycles. The number of ether oxygens (including phenoxy) is 1. The Morgan fingerprint density at radius 2 is 2.08 bits per heavy atom. The molecule has 7 heteroatoms. The van der Waals surface area contributed by atoms with E-state index >= 15 is 0 Å². The Balaban J connectivity index is 2.67. The molecule has 0 saturated carbocycles. The Labute approximate surface area is 151 Å². The van der Waals surface area contributed by atoms with E-state index in [0.717, 1.165) is 0 Å². The average Bonchev–Trinajstić information content (AvgIpc) is 2.89. The number of hydrogen-bond acceptors (Lipinski definition) is 4. The molecule has 6 nitrogen and oxygen atoms in total. The highest BCUT2D eigenvalue weighted by Crippen LogP contribution is 2.34. The maximum Gasteiger partial charge on any atom is 0.305 e. The third kappa shape index (κ3) is 4.11. The molecule has 26 heavy (non-hydrogen) atoms. The number of rotatable bonds is 8. The van der Waals surface area contributed by atoms with Gasteiger partial charge in [0.25, 0.3) is 5.91 Å². The number of esters is 1. The van der Waals surface area contributed by atoms with Gasteiger partial charge >= 0.3 is 5.97 Å². The van der Waals surface area contributed by atoms with Crippen LogP contribution < -0.4 is 5.73 Å². The molecule has 1 amide bonds. The predicted octanol–water partition coefficient (Wildman–Crippen LogP) is 2.19. The highest BCUT2D eigenvalue weighted by molar-refractivity contribution is 6.02. The van der Waals surface area contributed by atoms with Crippen LogP contribution in [0.15, 0.2) is 24.3 Å². The maximum absolute atomic E-state index is 13.8. The average molecular weight is 362 g/mol. The number of benzene rings is 1. The molecule has 0 radical (unpaired) electrons. The van der Waals surface area contributed by atoms with Crippen LogP contribution in [0.1, 0.15) is 34.6 Å². The monoisotopic (exact) mass is 362 g/mol. The van der Waals surface area contributed by atoms with Gasteiger partial charge in [-0.25, -0.2) is 4.39 Å². The molecule has 1 aromatic carbocycles. The van der Waals surface area contributed by atoms with Crippen molar-refractivity contribution in [3.63, 3.8) is 0 Å². The van der Waals surface area contributed by atoms with Crippen LogP contribution in [0, 0.1) is 12.7 Å². The lowest BCUT2D eigenvalue weighted by Gasteiger charge is -2.12. The molecule has 3 N–H and O–H groups in total. The minimum Gasteiger partial charge on any atom is -0.469 e. The van der Waals surface area contributed by atoms with E-state index in [4.69, 9.17) is 10.5 Å². The summed E-state index contributed by atoms with van der Waals surface area (Å²) in [5.74, 6) is -1.44. The number of nitrogens with zero attached hydrogens (tertiary/aromatic N) is 1. The summed E-state index contributed by atoms with van der Waals surface area (Å²) in [5.41, 5.74) is 8.26. The number of halogens is 1. The summed E-state index contributed by atoms with van der Waals surface area (Å²) in [7, 11) is 1.31. The third-order valence-corrected chi connectivity index (χ3v) is 4.32. The standard InChI is InChI=1S/C19H23FN2O4/c1-12-17(19(21)25)18(13-5-3-6-14(20)11-13)15(7-8-16(24)26-2)22(12)9-4-10-23/h3,5-6,11,23H,4,7-10H2,1-2H3,(H2,21,25). The number of carbonyl (C=O) groups excluding carboxylic acids is 2. The highest BCUT2D eigenvalue weighted by Gasteiger charge is 2.25. The minimum absolute atomic E-state index is 0.0186. The SMILES string of the molecule is COC(=O)CCc1c(-c2cccc(F)c2)c(C(N)=O)c(C)n1CCCO. The van der Waals surface area contributed by atoms with Gasteiger partial charge in [-0.1, -0.05) is 12.1 Å². The van der Waals surface area contributed by atoms with E-state index in [0.29, 0.717) is 47.5 Å². The van der Waals surface area contributed by atoms with Crippen molar-refractivity contribution >= 4 is 11.9 Å². The quantitative estimate of drug-likeness (QED) is 0.704. The molecule has 0 fully saturated rings. The summed E-state index contributed by atoms with van der Waals surface area (Å²) in [5, 5.41) is 9.18. The summed E-state index contributed by atoms with van der Waals surface area (Å²) >= 11 is 0. The zero-order valence-electron chi connectivity index (χ0n) is 14.9. The number of hydrogen-bond donors (Lipinski definition) is 2. The zero-order chi connectivity index (χ0) is 19.3. The van der Waals surface area contributed by atoms with Crippen molar-refractivity contribution in [1.82, 2.24) is 4.57 Å². The summed E-state index contributed by atoms with van der Waals surface area (Å²) < 4.78 is 20.3. The number of primary amides is 1. The molecule has 1 aromatic heterocycles. The smallest absolute Gasteiger partial charge is 0.305 e. The molecule has 140 valence electrons. The molecular formula is C19H23FN2O4. The van der Waals surface area contributed by atoms with Crippen LogP contribution in [0.25, 0.3) is 11.1 Å². The Morgan fingerprint density at radius 1 is 1.35 bits per heavy atom. The summed E-state index contributed by atoms with van der Waals surface area (Å²) in [4.78, 5) is 23.7. The van der Waals surface area contributed by atoms with E-state index in [9.17, 15) is 19.1 Å². The first-order valence-corrected chi connectivity index (χ1v) is 8.36. The Bertz CT molecular complexity index is 814. The fraction of sp³-hybridized carbons (Fsp3) is 0.368. The molecule has 0 bridgehead atoms. The summed E-state index contributed by atoms with van der Waals surface area (Å²) in [6.07, 6.45) is 0.888. The zero-order valence-corrected chi connectivity index (χ0v) is 14.9. The molecule has 2 rings (SSSR count). The van der Waals surface area contributed by atoms with Crippen molar-refractivity contribution in [2.75, 3.05) is 13.7 Å². The van der Waals surface area contributed by atoms with E-state index < -0.39 is 11.7 Å². The molecule has 0 saturated heterocycles. The normalized spacial score (nSPS) is 10.8. The van der Waals surface area contributed by atoms with Crippen molar-refractivity contribution in [2.24, 2.45) is 5.73 Å². The number of nitrogens with two attached hydrogens (primary N) is 1. The van der Waals surface area contributed by atoms with Crippen LogP contribution in [-0.2, 0) is 22.5 Å². The molecule has 0 atom stereocenters. The molecule has 0 aliphatic rings. The first-order valence-electron chi connectivity index (χ1n) is 8.36. The van der Waals surface area contributed by atoms with Crippen LogP contribution >= 0.6 is 0 Å². The van der Waals surface area contributed by atoms with Crippen LogP contribution in [0.4, 0.5) is 4.39 Å². The minimum atomic E-state index is -0.621. The van der Waals surface area contributed by atoms with E-state index in [1.165, 1.54) is 19.2 Å². The summed E-state index contributed by atoms with van der Waals surface area (Å²) in [6.45, 7) is 2.19. The first kappa shape index (κ1) is 19.7. The molecule has 0 unspecified atom stereocenters. The van der Waals surface area contributed by atoms with Crippen LogP contribution in [0.3, 0.4) is 0 Å². The Kier molecular flexibility index (Phi) is 6.52. The number of carbonyl (C=O) groups is 2. The molecule has 2 aromatic rings.